The number of nitrogens with one attached hydrogen (secondary N) is 2. The van der Waals surface area contributed by atoms with Gasteiger partial charge >= 0.3 is 5.97 Å². The number of ether oxygens (including phenoxy) is 1. The Hall–Kier alpha value is -3.15. The molecule has 0 saturated carbocycles. The van der Waals surface area contributed by atoms with Crippen molar-refractivity contribution in [3.8, 4) is 0 Å². The molecule has 0 unspecified atom stereocenters. The molecule has 1 atom stereocenters. The maximum atomic E-state index is 12.0. The smallest absolute Gasteiger partial charge is 0.306 e. The molecule has 2 rings (SSSR count). The third-order valence-corrected chi connectivity index (χ3v) is 4.45. The zero-order chi connectivity index (χ0) is 21.4. The van der Waals surface area contributed by atoms with Crippen LogP contribution in [0.5, 0.6) is 0 Å². The molecular weight excluding hydrogens is 368 g/mol. The van der Waals surface area contributed by atoms with Crippen molar-refractivity contribution in [2.45, 2.75) is 52.1 Å². The summed E-state index contributed by atoms with van der Waals surface area (Å²) >= 11 is 0. The fourth-order valence-corrected chi connectivity index (χ4v) is 2.61. The average molecular weight is 396 g/mol. The first-order valence-corrected chi connectivity index (χ1v) is 9.61. The number of hydrogen-bond donors (Lipinski definition) is 2. The molecule has 154 valence electrons. The first-order chi connectivity index (χ1) is 13.7. The van der Waals surface area contributed by atoms with Gasteiger partial charge in [-0.25, -0.2) is 0 Å². The minimum Gasteiger partial charge on any atom is -0.452 e. The van der Waals surface area contributed by atoms with E-state index in [0.29, 0.717) is 12.0 Å². The van der Waals surface area contributed by atoms with E-state index >= 15 is 0 Å². The summed E-state index contributed by atoms with van der Waals surface area (Å²) in [6, 6.07) is 16.6. The quantitative estimate of drug-likeness (QED) is 0.580. The predicted molar refractivity (Wildman–Crippen MR) is 111 cm³/mol. The van der Waals surface area contributed by atoms with E-state index in [1.54, 1.807) is 30.3 Å². The Balaban J connectivity index is 1.75. The summed E-state index contributed by atoms with van der Waals surface area (Å²) in [4.78, 5) is 35.9. The lowest BCUT2D eigenvalue weighted by Gasteiger charge is -2.19. The van der Waals surface area contributed by atoms with Gasteiger partial charge in [0.25, 0.3) is 11.8 Å². The Bertz CT molecular complexity index is 839. The minimum absolute atomic E-state index is 0.0795. The van der Waals surface area contributed by atoms with Gasteiger partial charge < -0.3 is 4.74 Å². The fraction of sp³-hybridized carbons (Fsp3) is 0.348. The highest BCUT2D eigenvalue weighted by Crippen LogP contribution is 2.22. The number of carbonyl (C=O) groups excluding carboxylic acids is 3. The molecule has 0 saturated heterocycles. The molecule has 0 bridgehead atoms. The fourth-order valence-electron chi connectivity index (χ4n) is 2.61. The van der Waals surface area contributed by atoms with E-state index in [4.69, 9.17) is 4.74 Å². The topological polar surface area (TPSA) is 84.5 Å². The number of hydrogen-bond acceptors (Lipinski definition) is 4. The molecule has 0 aromatic heterocycles. The van der Waals surface area contributed by atoms with Crippen molar-refractivity contribution in [3.05, 3.63) is 71.3 Å². The Labute approximate surface area is 171 Å². The van der Waals surface area contributed by atoms with Crippen LogP contribution in [0.4, 0.5) is 0 Å². The highest BCUT2D eigenvalue weighted by Gasteiger charge is 2.19. The monoisotopic (exact) mass is 396 g/mol. The highest BCUT2D eigenvalue weighted by atomic mass is 16.5. The molecular formula is C23H28N2O4. The lowest BCUT2D eigenvalue weighted by Crippen LogP contribution is -2.46. The zero-order valence-electron chi connectivity index (χ0n) is 17.3. The number of aryl methyl sites for hydroxylation is 1. The lowest BCUT2D eigenvalue weighted by atomic mass is 9.86. The molecule has 0 aliphatic carbocycles. The summed E-state index contributed by atoms with van der Waals surface area (Å²) < 4.78 is 5.15. The predicted octanol–water partition coefficient (Wildman–Crippen LogP) is 3.31. The Morgan fingerprint density at radius 1 is 0.931 bits per heavy atom. The van der Waals surface area contributed by atoms with Gasteiger partial charge in [0.1, 0.15) is 0 Å². The summed E-state index contributed by atoms with van der Waals surface area (Å²) in [7, 11) is 0. The van der Waals surface area contributed by atoms with Gasteiger partial charge in [0, 0.05) is 12.0 Å². The maximum absolute atomic E-state index is 12.0. The van der Waals surface area contributed by atoms with Gasteiger partial charge in [-0.05, 0) is 42.0 Å². The SMILES string of the molecule is C[C@@H](OC(=O)CCc1ccc(C(C)(C)C)cc1)C(=O)NNC(=O)c1ccccc1. The highest BCUT2D eigenvalue weighted by molar-refractivity contribution is 5.95. The molecule has 6 heteroatoms. The maximum Gasteiger partial charge on any atom is 0.306 e. The van der Waals surface area contributed by atoms with Gasteiger partial charge in [0.05, 0.1) is 0 Å². The van der Waals surface area contributed by atoms with Crippen LogP contribution in [0.2, 0.25) is 0 Å². The zero-order valence-corrected chi connectivity index (χ0v) is 17.3. The van der Waals surface area contributed by atoms with Crippen molar-refractivity contribution in [1.29, 1.82) is 0 Å². The van der Waals surface area contributed by atoms with E-state index in [1.807, 2.05) is 12.1 Å². The molecule has 6 nitrogen and oxygen atoms in total. The molecule has 0 aliphatic heterocycles. The van der Waals surface area contributed by atoms with E-state index in [0.717, 1.165) is 5.56 Å². The van der Waals surface area contributed by atoms with Crippen LogP contribution >= 0.6 is 0 Å². The van der Waals surface area contributed by atoms with Crippen molar-refractivity contribution in [2.24, 2.45) is 0 Å². The lowest BCUT2D eigenvalue weighted by molar-refractivity contribution is -0.155. The Morgan fingerprint density at radius 3 is 2.14 bits per heavy atom. The molecule has 2 aromatic rings. The standard InChI is InChI=1S/C23H28N2O4/c1-16(21(27)24-25-22(28)18-8-6-5-7-9-18)29-20(26)15-12-17-10-13-19(14-11-17)23(2,3)4/h5-11,13-14,16H,12,15H2,1-4H3,(H,24,27)(H,25,28)/t16-/m1/s1. The normalized spacial score (nSPS) is 12.0. The summed E-state index contributed by atoms with van der Waals surface area (Å²) in [5.41, 5.74) is 7.31. The van der Waals surface area contributed by atoms with Crippen LogP contribution in [-0.4, -0.2) is 23.9 Å². The third-order valence-electron chi connectivity index (χ3n) is 4.45. The Kier molecular flexibility index (Phi) is 7.53. The molecule has 2 amide bonds. The number of hydrazine groups is 1. The first-order valence-electron chi connectivity index (χ1n) is 9.61. The molecule has 0 heterocycles. The second-order valence-corrected chi connectivity index (χ2v) is 7.89. The Morgan fingerprint density at radius 2 is 1.55 bits per heavy atom. The number of rotatable bonds is 6. The van der Waals surface area contributed by atoms with Gasteiger partial charge in [0.2, 0.25) is 0 Å². The number of esters is 1. The van der Waals surface area contributed by atoms with Gasteiger partial charge in [-0.3, -0.25) is 25.2 Å². The van der Waals surface area contributed by atoms with Crippen LogP contribution < -0.4 is 10.9 Å². The van der Waals surface area contributed by atoms with Crippen LogP contribution in [0.15, 0.2) is 54.6 Å². The van der Waals surface area contributed by atoms with Gasteiger partial charge in [0.15, 0.2) is 6.10 Å². The summed E-state index contributed by atoms with van der Waals surface area (Å²) in [5.74, 6) is -1.52. The molecule has 0 fully saturated rings. The number of benzene rings is 2. The van der Waals surface area contributed by atoms with Crippen LogP contribution in [0.1, 0.15) is 55.6 Å². The average Bonchev–Trinajstić information content (AvgIpc) is 2.70. The molecule has 2 N–H and O–H groups in total. The van der Waals surface area contributed by atoms with E-state index in [1.165, 1.54) is 12.5 Å². The largest absolute Gasteiger partial charge is 0.452 e. The van der Waals surface area contributed by atoms with Crippen LogP contribution in [0.25, 0.3) is 0 Å². The van der Waals surface area contributed by atoms with Crippen molar-refractivity contribution in [3.63, 3.8) is 0 Å². The summed E-state index contributed by atoms with van der Waals surface area (Å²) in [5, 5.41) is 0. The van der Waals surface area contributed by atoms with Crippen LogP contribution in [0.3, 0.4) is 0 Å². The molecule has 0 spiro atoms. The van der Waals surface area contributed by atoms with E-state index < -0.39 is 23.9 Å². The van der Waals surface area contributed by atoms with E-state index in [9.17, 15) is 14.4 Å². The van der Waals surface area contributed by atoms with Crippen molar-refractivity contribution < 1.29 is 19.1 Å². The molecule has 0 radical (unpaired) electrons. The van der Waals surface area contributed by atoms with Crippen LogP contribution in [0, 0.1) is 0 Å². The first kappa shape index (κ1) is 22.1. The van der Waals surface area contributed by atoms with Gasteiger partial charge in [-0.2, -0.15) is 0 Å². The van der Waals surface area contributed by atoms with E-state index in [2.05, 4.69) is 43.8 Å². The number of amides is 2. The second-order valence-electron chi connectivity index (χ2n) is 7.89. The summed E-state index contributed by atoms with van der Waals surface area (Å²) in [6.07, 6.45) is -0.313. The van der Waals surface area contributed by atoms with Gasteiger partial charge in [-0.15, -0.1) is 0 Å². The molecule has 0 aliphatic rings. The van der Waals surface area contributed by atoms with Crippen LogP contribution in [-0.2, 0) is 26.2 Å². The number of carbonyl (C=O) groups is 3. The summed E-state index contributed by atoms with van der Waals surface area (Å²) in [6.45, 7) is 7.90. The van der Waals surface area contributed by atoms with Crippen molar-refractivity contribution >= 4 is 17.8 Å². The molecule has 2 aromatic carbocycles. The third kappa shape index (κ3) is 7.07. The minimum atomic E-state index is -1.01. The van der Waals surface area contributed by atoms with E-state index in [-0.39, 0.29) is 11.8 Å². The second kappa shape index (κ2) is 9.87. The van der Waals surface area contributed by atoms with Crippen molar-refractivity contribution in [1.82, 2.24) is 10.9 Å². The van der Waals surface area contributed by atoms with Crippen molar-refractivity contribution in [2.75, 3.05) is 0 Å². The molecule has 29 heavy (non-hydrogen) atoms. The van der Waals surface area contributed by atoms with Gasteiger partial charge in [-0.1, -0.05) is 63.2 Å².